The number of imide groups is 1. The van der Waals surface area contributed by atoms with Crippen molar-refractivity contribution in [3.63, 3.8) is 0 Å². The third-order valence-corrected chi connectivity index (χ3v) is 3.60. The van der Waals surface area contributed by atoms with Crippen molar-refractivity contribution in [1.29, 1.82) is 0 Å². The van der Waals surface area contributed by atoms with Crippen LogP contribution in [0.4, 0.5) is 0 Å². The highest BCUT2D eigenvalue weighted by atomic mass is 16.2. The molecule has 1 saturated heterocycles. The Balaban J connectivity index is 2.12. The second-order valence-electron chi connectivity index (χ2n) is 4.80. The van der Waals surface area contributed by atoms with Crippen LogP contribution in [0.1, 0.15) is 39.0 Å². The van der Waals surface area contributed by atoms with Crippen molar-refractivity contribution in [3.8, 4) is 0 Å². The van der Waals surface area contributed by atoms with Gasteiger partial charge in [-0.2, -0.15) is 0 Å². The van der Waals surface area contributed by atoms with Gasteiger partial charge in [-0.05, 0) is 19.3 Å². The fourth-order valence-corrected chi connectivity index (χ4v) is 2.78. The van der Waals surface area contributed by atoms with Crippen molar-refractivity contribution in [2.45, 2.75) is 51.1 Å². The molecule has 0 aromatic rings. The molecule has 1 saturated carbocycles. The first-order valence-electron chi connectivity index (χ1n) is 6.23. The number of nitrogens with zero attached hydrogens (tertiary/aromatic N) is 1. The fourth-order valence-electron chi connectivity index (χ4n) is 2.78. The molecule has 2 atom stereocenters. The zero-order valence-electron chi connectivity index (χ0n) is 10.1. The molecular weight excluding hydrogens is 220 g/mol. The molecule has 0 bridgehead atoms. The average Bonchev–Trinajstić information content (AvgIpc) is 2.28. The molecule has 5 nitrogen and oxygen atoms in total. The Hall–Kier alpha value is -1.23. The van der Waals surface area contributed by atoms with E-state index in [0.717, 1.165) is 12.8 Å². The lowest BCUT2D eigenvalue weighted by atomic mass is 9.91. The molecule has 1 aliphatic heterocycles. The van der Waals surface area contributed by atoms with E-state index in [0.29, 0.717) is 19.3 Å². The first-order valence-corrected chi connectivity index (χ1v) is 6.23. The maximum atomic E-state index is 11.7. The maximum absolute atomic E-state index is 11.7. The maximum Gasteiger partial charge on any atom is 0.243 e. The van der Waals surface area contributed by atoms with Crippen LogP contribution in [0.25, 0.3) is 0 Å². The zero-order chi connectivity index (χ0) is 12.4. The number of carbonyl (C=O) groups excluding carboxylic acids is 3. The van der Waals surface area contributed by atoms with Crippen LogP contribution in [0.15, 0.2) is 0 Å². The molecule has 94 valence electrons. The van der Waals surface area contributed by atoms with Gasteiger partial charge in [0.1, 0.15) is 5.78 Å². The highest BCUT2D eigenvalue weighted by molar-refractivity contribution is 6.01. The van der Waals surface area contributed by atoms with E-state index in [4.69, 9.17) is 0 Å². The number of nitrogens with one attached hydrogen (secondary N) is 1. The minimum Gasteiger partial charge on any atom is -0.300 e. The highest BCUT2D eigenvalue weighted by Gasteiger charge is 2.38. The lowest BCUT2D eigenvalue weighted by Gasteiger charge is -2.40. The average molecular weight is 238 g/mol. The van der Waals surface area contributed by atoms with Gasteiger partial charge in [-0.3, -0.25) is 24.6 Å². The molecule has 5 heteroatoms. The van der Waals surface area contributed by atoms with Crippen LogP contribution in [0.3, 0.4) is 0 Å². The van der Waals surface area contributed by atoms with Gasteiger partial charge in [-0.15, -0.1) is 0 Å². The van der Waals surface area contributed by atoms with Gasteiger partial charge >= 0.3 is 0 Å². The van der Waals surface area contributed by atoms with Crippen molar-refractivity contribution in [2.24, 2.45) is 0 Å². The second-order valence-corrected chi connectivity index (χ2v) is 4.80. The summed E-state index contributed by atoms with van der Waals surface area (Å²) in [4.78, 5) is 36.5. The number of rotatable bonds is 2. The summed E-state index contributed by atoms with van der Waals surface area (Å²) in [5.41, 5.74) is 0. The van der Waals surface area contributed by atoms with Crippen LogP contribution >= 0.6 is 0 Å². The summed E-state index contributed by atoms with van der Waals surface area (Å²) in [7, 11) is 0. The second kappa shape index (κ2) is 4.96. The lowest BCUT2D eigenvalue weighted by Crippen LogP contribution is -2.61. The molecule has 2 aliphatic rings. The standard InChI is InChI=1S/C12H18N2O3/c1-2-10-12(17)13-11(16)7-14(10)8-4-3-5-9(15)6-8/h8,10H,2-7H2,1H3,(H,13,16,17). The Bertz CT molecular complexity index is 354. The fraction of sp³-hybridized carbons (Fsp3) is 0.750. The van der Waals surface area contributed by atoms with Crippen molar-refractivity contribution < 1.29 is 14.4 Å². The van der Waals surface area contributed by atoms with Crippen LogP contribution in [-0.2, 0) is 14.4 Å². The highest BCUT2D eigenvalue weighted by Crippen LogP contribution is 2.24. The molecule has 2 unspecified atom stereocenters. The van der Waals surface area contributed by atoms with E-state index in [9.17, 15) is 14.4 Å². The van der Waals surface area contributed by atoms with Crippen LogP contribution in [0, 0.1) is 0 Å². The quantitative estimate of drug-likeness (QED) is 0.700. The number of hydrogen-bond donors (Lipinski definition) is 1. The first-order chi connectivity index (χ1) is 8.11. The molecular formula is C12H18N2O3. The van der Waals surface area contributed by atoms with Crippen LogP contribution in [-0.4, -0.2) is 41.1 Å². The van der Waals surface area contributed by atoms with E-state index in [1.807, 2.05) is 11.8 Å². The summed E-state index contributed by atoms with van der Waals surface area (Å²) < 4.78 is 0. The molecule has 0 spiro atoms. The van der Waals surface area contributed by atoms with Crippen LogP contribution < -0.4 is 5.32 Å². The molecule has 2 amide bonds. The van der Waals surface area contributed by atoms with E-state index in [1.165, 1.54) is 0 Å². The summed E-state index contributed by atoms with van der Waals surface area (Å²) in [6.07, 6.45) is 3.57. The van der Waals surface area contributed by atoms with E-state index in [-0.39, 0.29) is 36.2 Å². The summed E-state index contributed by atoms with van der Waals surface area (Å²) >= 11 is 0. The van der Waals surface area contributed by atoms with Crippen molar-refractivity contribution in [1.82, 2.24) is 10.2 Å². The predicted molar refractivity (Wildman–Crippen MR) is 61.2 cm³/mol. The smallest absolute Gasteiger partial charge is 0.243 e. The van der Waals surface area contributed by atoms with Crippen LogP contribution in [0.2, 0.25) is 0 Å². The zero-order valence-corrected chi connectivity index (χ0v) is 10.1. The Kier molecular flexibility index (Phi) is 3.57. The van der Waals surface area contributed by atoms with E-state index in [1.54, 1.807) is 0 Å². The predicted octanol–water partition coefficient (Wildman–Crippen LogP) is 0.235. The Labute approximate surface area is 101 Å². The molecule has 1 aliphatic carbocycles. The third-order valence-electron chi connectivity index (χ3n) is 3.60. The monoisotopic (exact) mass is 238 g/mol. The van der Waals surface area contributed by atoms with Gasteiger partial charge in [0.05, 0.1) is 12.6 Å². The Morgan fingerprint density at radius 3 is 2.76 bits per heavy atom. The number of Topliss-reactive ketones (excluding diaryl/α,β-unsaturated/α-hetero) is 1. The molecule has 1 heterocycles. The van der Waals surface area contributed by atoms with E-state index >= 15 is 0 Å². The molecule has 2 fully saturated rings. The van der Waals surface area contributed by atoms with Gasteiger partial charge in [0.25, 0.3) is 0 Å². The number of hydrogen-bond acceptors (Lipinski definition) is 4. The number of amides is 2. The van der Waals surface area contributed by atoms with Gasteiger partial charge in [0.2, 0.25) is 11.8 Å². The number of ketones is 1. The Morgan fingerprint density at radius 1 is 1.35 bits per heavy atom. The number of piperazine rings is 1. The van der Waals surface area contributed by atoms with Gasteiger partial charge < -0.3 is 0 Å². The molecule has 17 heavy (non-hydrogen) atoms. The number of carbonyl (C=O) groups is 3. The van der Waals surface area contributed by atoms with Crippen LogP contribution in [0.5, 0.6) is 0 Å². The molecule has 0 radical (unpaired) electrons. The summed E-state index contributed by atoms with van der Waals surface area (Å²) in [5, 5.41) is 2.36. The largest absolute Gasteiger partial charge is 0.300 e. The van der Waals surface area contributed by atoms with Gasteiger partial charge in [0, 0.05) is 18.9 Å². The molecule has 0 aromatic carbocycles. The summed E-state index contributed by atoms with van der Waals surface area (Å²) in [5.74, 6) is -0.228. The van der Waals surface area contributed by atoms with E-state index < -0.39 is 0 Å². The Morgan fingerprint density at radius 2 is 2.12 bits per heavy atom. The van der Waals surface area contributed by atoms with Gasteiger partial charge in [-0.1, -0.05) is 6.92 Å². The van der Waals surface area contributed by atoms with Gasteiger partial charge in [-0.25, -0.2) is 0 Å². The molecule has 2 rings (SSSR count). The van der Waals surface area contributed by atoms with E-state index in [2.05, 4.69) is 5.32 Å². The molecule has 0 aromatic heterocycles. The summed E-state index contributed by atoms with van der Waals surface area (Å²) in [6.45, 7) is 2.17. The SMILES string of the molecule is CCC1C(=O)NC(=O)CN1C1CCCC(=O)C1. The lowest BCUT2D eigenvalue weighted by molar-refractivity contribution is -0.143. The van der Waals surface area contributed by atoms with Crippen molar-refractivity contribution in [3.05, 3.63) is 0 Å². The minimum atomic E-state index is -0.261. The molecule has 1 N–H and O–H groups in total. The summed E-state index contributed by atoms with van der Waals surface area (Å²) in [6, 6.07) is -0.195. The van der Waals surface area contributed by atoms with Gasteiger partial charge in [0.15, 0.2) is 0 Å². The topological polar surface area (TPSA) is 66.5 Å². The first kappa shape index (κ1) is 12.2. The minimum absolute atomic E-state index is 0.0659. The van der Waals surface area contributed by atoms with Crippen molar-refractivity contribution >= 4 is 17.6 Å². The van der Waals surface area contributed by atoms with Crippen molar-refractivity contribution in [2.75, 3.05) is 6.54 Å². The third kappa shape index (κ3) is 2.54. The normalized spacial score (nSPS) is 31.5.